The summed E-state index contributed by atoms with van der Waals surface area (Å²) in [6, 6.07) is 134. The molecule has 522 valence electrons. The van der Waals surface area contributed by atoms with E-state index in [0.717, 1.165) is 166 Å². The van der Waals surface area contributed by atoms with E-state index >= 15 is 0 Å². The molecule has 20 aromatic carbocycles. The van der Waals surface area contributed by atoms with Crippen LogP contribution in [0, 0.1) is 0 Å². The third-order valence-corrected chi connectivity index (χ3v) is 25.3. The molecule has 0 aliphatic carbocycles. The second-order valence-electron chi connectivity index (χ2n) is 30.5. The average molecular weight is 1450 g/mol. The highest BCUT2D eigenvalue weighted by Crippen LogP contribution is 2.48. The first-order valence-corrected chi connectivity index (χ1v) is 39.4. The lowest BCUT2D eigenvalue weighted by molar-refractivity contribution is 0.668. The van der Waals surface area contributed by atoms with Gasteiger partial charge in [-0.15, -0.1) is 11.3 Å². The molecule has 5 aromatic heterocycles. The maximum Gasteiger partial charge on any atom is 0.143 e. The number of furan rings is 4. The van der Waals surface area contributed by atoms with Crippen LogP contribution in [0.5, 0.6) is 0 Å². The first-order valence-electron chi connectivity index (χ1n) is 38.6. The van der Waals surface area contributed by atoms with Crippen molar-refractivity contribution in [3.63, 3.8) is 0 Å². The fourth-order valence-electron chi connectivity index (χ4n) is 18.7. The van der Waals surface area contributed by atoms with Crippen LogP contribution in [-0.4, -0.2) is 0 Å². The van der Waals surface area contributed by atoms with Crippen LogP contribution in [0.1, 0.15) is 0 Å². The van der Waals surface area contributed by atoms with Gasteiger partial charge in [-0.2, -0.15) is 0 Å². The summed E-state index contributed by atoms with van der Waals surface area (Å²) in [4.78, 5) is 0. The lowest BCUT2D eigenvalue weighted by atomic mass is 9.88. The molecule has 4 nitrogen and oxygen atoms in total. The van der Waals surface area contributed by atoms with Crippen LogP contribution in [0.15, 0.2) is 382 Å². The van der Waals surface area contributed by atoms with Crippen molar-refractivity contribution in [1.82, 2.24) is 0 Å². The number of para-hydroxylation sites is 4. The quantitative estimate of drug-likeness (QED) is 0.142. The van der Waals surface area contributed by atoms with Gasteiger partial charge >= 0.3 is 0 Å². The highest BCUT2D eigenvalue weighted by atomic mass is 32.1. The third kappa shape index (κ3) is 9.69. The van der Waals surface area contributed by atoms with Crippen molar-refractivity contribution in [2.45, 2.75) is 0 Å². The predicted molar refractivity (Wildman–Crippen MR) is 477 cm³/mol. The number of thiophene rings is 1. The van der Waals surface area contributed by atoms with Gasteiger partial charge in [-0.3, -0.25) is 0 Å². The van der Waals surface area contributed by atoms with Crippen LogP contribution in [0.2, 0.25) is 0 Å². The Hall–Kier alpha value is -14.6. The minimum absolute atomic E-state index is 0.841. The Morgan fingerprint density at radius 2 is 0.372 bits per heavy atom. The van der Waals surface area contributed by atoms with Gasteiger partial charge in [0, 0.05) is 68.8 Å². The van der Waals surface area contributed by atoms with Gasteiger partial charge < -0.3 is 17.7 Å². The van der Waals surface area contributed by atoms with Crippen molar-refractivity contribution in [2.24, 2.45) is 0 Å². The van der Waals surface area contributed by atoms with Crippen LogP contribution in [0.4, 0.5) is 0 Å². The number of benzene rings is 20. The summed E-state index contributed by atoms with van der Waals surface area (Å²) in [5, 5.41) is 26.2. The number of hydrogen-bond acceptors (Lipinski definition) is 5. The molecule has 0 aliphatic rings. The smallest absolute Gasteiger partial charge is 0.143 e. The van der Waals surface area contributed by atoms with Gasteiger partial charge in [-0.25, -0.2) is 0 Å². The number of rotatable bonds is 8. The molecular weight excluding hydrogens is 1390 g/mol. The first kappa shape index (κ1) is 62.3. The Labute approximate surface area is 650 Å². The van der Waals surface area contributed by atoms with Gasteiger partial charge in [-0.1, -0.05) is 231 Å². The van der Waals surface area contributed by atoms with Crippen LogP contribution in [-0.2, 0) is 0 Å². The second-order valence-corrected chi connectivity index (χ2v) is 31.5. The standard InChI is InChI=1S/C108H60O4S/c1-2-16-79-77(14-1)78-15-3-4-17-80(78)96-52-61(28-37-83(79)96)68-35-44-93-94-45-36-69(60-107(94)113-106(93)59-68)76-23-13-24-95-92-43-34-67(58-105(92)112-108(76)95)75-49-71(48-74(51-75)66-33-42-91-88-22-9-12-27-101(88)111-104(91)57-66)63-30-39-85-84-38-29-62(53-97(84)81-18-5-6-19-82(81)98(85)54-63)70-46-72(64-31-40-89-86-20-7-10-25-99(86)109-102(89)55-64)50-73(47-70)65-32-41-90-87-21-8-11-26-100(87)110-103(90)56-65/h1-60H. The summed E-state index contributed by atoms with van der Waals surface area (Å²) in [5.41, 5.74) is 24.7. The maximum absolute atomic E-state index is 7.16. The van der Waals surface area contributed by atoms with Gasteiger partial charge in [0.2, 0.25) is 0 Å². The van der Waals surface area contributed by atoms with Crippen LogP contribution < -0.4 is 0 Å². The molecule has 5 heterocycles. The highest BCUT2D eigenvalue weighted by molar-refractivity contribution is 7.25. The minimum atomic E-state index is 0.841. The Morgan fingerprint density at radius 1 is 0.133 bits per heavy atom. The summed E-state index contributed by atoms with van der Waals surface area (Å²) in [7, 11) is 0. The van der Waals surface area contributed by atoms with Crippen LogP contribution in [0.25, 0.3) is 262 Å². The molecule has 5 heteroatoms. The normalized spacial score (nSPS) is 12.2. The zero-order chi connectivity index (χ0) is 73.7. The molecule has 113 heavy (non-hydrogen) atoms. The molecule has 0 unspecified atom stereocenters. The molecule has 0 fully saturated rings. The fraction of sp³-hybridized carbons (Fsp3) is 0. The van der Waals surface area contributed by atoms with Gasteiger partial charge in [0.15, 0.2) is 0 Å². The molecule has 0 N–H and O–H groups in total. The third-order valence-electron chi connectivity index (χ3n) is 24.2. The zero-order valence-corrected chi connectivity index (χ0v) is 61.5. The van der Waals surface area contributed by atoms with E-state index in [-0.39, 0.29) is 0 Å². The Balaban J connectivity index is 0.593. The zero-order valence-electron chi connectivity index (χ0n) is 60.7. The van der Waals surface area contributed by atoms with E-state index in [0.29, 0.717) is 0 Å². The molecule has 0 saturated heterocycles. The SMILES string of the molecule is c1ccc2c(c1)oc1cc(-c3cc(-c4ccc5c(c4)oc4ccccc45)cc(-c4ccc5c6ccc(-c7cc(-c8ccc9c(c8)oc8ccccc89)cc(-c8ccc9c(c8)oc8c(-c%10ccc%11c(c%10)sc%10cc(-c%12ccc%13c%14ccccc%14c%14ccccc%14c%13c%12)ccc%10%11)cccc89)c7)cc6c6ccccc6c5c4)c3)ccc12. The minimum Gasteiger partial charge on any atom is -0.456 e. The fourth-order valence-corrected chi connectivity index (χ4v) is 19.9. The Morgan fingerprint density at radius 3 is 0.743 bits per heavy atom. The lowest BCUT2D eigenvalue weighted by Gasteiger charge is -2.16. The van der Waals surface area contributed by atoms with Crippen molar-refractivity contribution in [3.05, 3.63) is 364 Å². The van der Waals surface area contributed by atoms with E-state index in [9.17, 15) is 0 Å². The number of hydrogen-bond donors (Lipinski definition) is 0. The maximum atomic E-state index is 7.16. The largest absolute Gasteiger partial charge is 0.456 e. The summed E-state index contributed by atoms with van der Waals surface area (Å²) in [6.07, 6.45) is 0. The average Bonchev–Trinajstić information content (AvgIpc) is 1.58. The highest BCUT2D eigenvalue weighted by Gasteiger charge is 2.22. The van der Waals surface area contributed by atoms with E-state index in [2.05, 4.69) is 334 Å². The van der Waals surface area contributed by atoms with Crippen LogP contribution >= 0.6 is 11.3 Å². The Bertz CT molecular complexity index is 8270. The molecular formula is C108H60O4S. The molecule has 0 atom stereocenters. The van der Waals surface area contributed by atoms with Gasteiger partial charge in [0.05, 0.1) is 0 Å². The summed E-state index contributed by atoms with van der Waals surface area (Å²) < 4.78 is 29.2. The predicted octanol–water partition coefficient (Wildman–Crippen LogP) is 31.9. The first-order chi connectivity index (χ1) is 55.9. The number of fused-ring (bicyclic) bond motifs is 27. The topological polar surface area (TPSA) is 52.6 Å². The van der Waals surface area contributed by atoms with E-state index in [1.54, 1.807) is 0 Å². The molecule has 25 rings (SSSR count). The van der Waals surface area contributed by atoms with E-state index < -0.39 is 0 Å². The van der Waals surface area contributed by atoms with Crippen molar-refractivity contribution >= 4 is 184 Å². The molecule has 0 spiro atoms. The van der Waals surface area contributed by atoms with E-state index in [1.165, 1.54) is 95.9 Å². The van der Waals surface area contributed by atoms with Gasteiger partial charge in [0.1, 0.15) is 44.7 Å². The van der Waals surface area contributed by atoms with Crippen molar-refractivity contribution in [1.29, 1.82) is 0 Å². The lowest BCUT2D eigenvalue weighted by Crippen LogP contribution is -1.89. The summed E-state index contributed by atoms with van der Waals surface area (Å²) in [5.74, 6) is 0. The van der Waals surface area contributed by atoms with E-state index in [4.69, 9.17) is 17.7 Å². The molecule has 0 saturated carbocycles. The van der Waals surface area contributed by atoms with Crippen molar-refractivity contribution < 1.29 is 17.7 Å². The molecule has 0 amide bonds. The molecule has 0 bridgehead atoms. The molecule has 0 radical (unpaired) electrons. The Kier molecular flexibility index (Phi) is 13.2. The van der Waals surface area contributed by atoms with Gasteiger partial charge in [-0.05, 0) is 282 Å². The van der Waals surface area contributed by atoms with Crippen molar-refractivity contribution in [2.75, 3.05) is 0 Å². The van der Waals surface area contributed by atoms with Crippen molar-refractivity contribution in [3.8, 4) is 89.0 Å². The molecule has 25 aromatic rings. The van der Waals surface area contributed by atoms with E-state index in [1.807, 2.05) is 41.7 Å². The monoisotopic (exact) mass is 1450 g/mol. The second kappa shape index (κ2) is 23.9. The molecule has 0 aliphatic heterocycles. The summed E-state index contributed by atoms with van der Waals surface area (Å²) in [6.45, 7) is 0. The summed E-state index contributed by atoms with van der Waals surface area (Å²) >= 11 is 1.86. The van der Waals surface area contributed by atoms with Crippen LogP contribution in [0.3, 0.4) is 0 Å². The van der Waals surface area contributed by atoms with Gasteiger partial charge in [0.25, 0.3) is 0 Å².